The van der Waals surface area contributed by atoms with Crippen LogP contribution in [0.15, 0.2) is 0 Å². The molecule has 0 aliphatic carbocycles. The summed E-state index contributed by atoms with van der Waals surface area (Å²) in [7, 11) is 0. The Hall–Kier alpha value is -1.21. The Morgan fingerprint density at radius 2 is 1.82 bits per heavy atom. The van der Waals surface area contributed by atoms with E-state index in [-0.39, 0.29) is 6.61 Å². The zero-order valence-corrected chi connectivity index (χ0v) is 9.42. The van der Waals surface area contributed by atoms with Gasteiger partial charge in [0.05, 0.1) is 6.61 Å². The molecule has 0 radical (unpaired) electrons. The Morgan fingerprint density at radius 3 is 2.41 bits per heavy atom. The van der Waals surface area contributed by atoms with Crippen LogP contribution in [-0.4, -0.2) is 49.3 Å². The first-order valence-corrected chi connectivity index (χ1v) is 5.24. The number of rotatable bonds is 2. The van der Waals surface area contributed by atoms with Gasteiger partial charge in [-0.25, -0.2) is 4.39 Å². The molecule has 0 N–H and O–H groups in total. The molecule has 5 atom stereocenters. The van der Waals surface area contributed by atoms with Gasteiger partial charge in [-0.15, -0.1) is 0 Å². The summed E-state index contributed by atoms with van der Waals surface area (Å²) in [5.41, 5.74) is 0. The number of ether oxygens (including phenoxy) is 4. The third-order valence-electron chi connectivity index (χ3n) is 2.60. The van der Waals surface area contributed by atoms with E-state index < -0.39 is 42.7 Å². The van der Waals surface area contributed by atoms with Gasteiger partial charge in [-0.3, -0.25) is 9.59 Å². The van der Waals surface area contributed by atoms with Crippen molar-refractivity contribution in [2.24, 2.45) is 0 Å². The molecule has 96 valence electrons. The van der Waals surface area contributed by atoms with Crippen LogP contribution < -0.4 is 0 Å². The molecule has 0 saturated carbocycles. The average molecular weight is 248 g/mol. The largest absolute Gasteiger partial charge is 0.453 e. The molecule has 2 saturated heterocycles. The van der Waals surface area contributed by atoms with Crippen molar-refractivity contribution in [2.75, 3.05) is 6.61 Å². The van der Waals surface area contributed by atoms with Crippen molar-refractivity contribution < 1.29 is 32.9 Å². The molecular weight excluding hydrogens is 235 g/mol. The molecule has 1 unspecified atom stereocenters. The molecule has 0 aromatic rings. The number of esters is 2. The Morgan fingerprint density at radius 1 is 1.18 bits per heavy atom. The van der Waals surface area contributed by atoms with Crippen LogP contribution in [0, 0.1) is 0 Å². The predicted octanol–water partition coefficient (Wildman–Crippen LogP) is -0.0570. The smallest absolute Gasteiger partial charge is 0.305 e. The Kier molecular flexibility index (Phi) is 3.30. The van der Waals surface area contributed by atoms with E-state index >= 15 is 0 Å². The molecular formula is C10H13FO6. The second-order valence-electron chi connectivity index (χ2n) is 3.97. The summed E-state index contributed by atoms with van der Waals surface area (Å²) in [6.07, 6.45) is -4.91. The van der Waals surface area contributed by atoms with E-state index in [1.54, 1.807) is 0 Å². The quantitative estimate of drug-likeness (QED) is 0.638. The maximum atomic E-state index is 13.4. The van der Waals surface area contributed by atoms with Gasteiger partial charge in [0.25, 0.3) is 0 Å². The molecule has 0 aromatic heterocycles. The minimum atomic E-state index is -1.31. The van der Waals surface area contributed by atoms with Crippen molar-refractivity contribution in [1.29, 1.82) is 0 Å². The first-order chi connectivity index (χ1) is 7.99. The van der Waals surface area contributed by atoms with Crippen LogP contribution in [0.2, 0.25) is 0 Å². The van der Waals surface area contributed by atoms with Crippen LogP contribution in [-0.2, 0) is 28.5 Å². The van der Waals surface area contributed by atoms with Crippen LogP contribution in [0.5, 0.6) is 0 Å². The molecule has 2 aliphatic rings. The summed E-state index contributed by atoms with van der Waals surface area (Å²) in [5.74, 6) is -1.16. The zero-order valence-electron chi connectivity index (χ0n) is 9.42. The molecule has 2 heterocycles. The molecule has 0 spiro atoms. The van der Waals surface area contributed by atoms with Gasteiger partial charge < -0.3 is 18.9 Å². The van der Waals surface area contributed by atoms with E-state index in [1.807, 2.05) is 0 Å². The van der Waals surface area contributed by atoms with Crippen molar-refractivity contribution in [1.82, 2.24) is 0 Å². The standard InChI is InChI=1S/C10H13FO6/c1-4(12)15-9-8-7(6(11)3-14-8)17-10(9)16-5(2)13/h6-10H,3H2,1-2H3/t6?,7-,8+,9-,10-/m1/s1. The number of alkyl halides is 1. The molecule has 0 aromatic carbocycles. The number of carbonyl (C=O) groups is 2. The van der Waals surface area contributed by atoms with Crippen LogP contribution in [0.1, 0.15) is 13.8 Å². The fourth-order valence-electron chi connectivity index (χ4n) is 2.00. The highest BCUT2D eigenvalue weighted by molar-refractivity contribution is 5.67. The molecule has 2 rings (SSSR count). The Bertz CT molecular complexity index is 333. The number of carbonyl (C=O) groups excluding carboxylic acids is 2. The van der Waals surface area contributed by atoms with Crippen molar-refractivity contribution in [3.8, 4) is 0 Å². The average Bonchev–Trinajstić information content (AvgIpc) is 2.69. The van der Waals surface area contributed by atoms with Gasteiger partial charge in [0.1, 0.15) is 12.2 Å². The van der Waals surface area contributed by atoms with Gasteiger partial charge in [-0.05, 0) is 0 Å². The minimum absolute atomic E-state index is 0.111. The lowest BCUT2D eigenvalue weighted by Crippen LogP contribution is -2.38. The van der Waals surface area contributed by atoms with Crippen LogP contribution in [0.3, 0.4) is 0 Å². The first kappa shape index (κ1) is 12.3. The van der Waals surface area contributed by atoms with Gasteiger partial charge >= 0.3 is 11.9 Å². The van der Waals surface area contributed by atoms with Gasteiger partial charge in [-0.2, -0.15) is 0 Å². The second kappa shape index (κ2) is 4.58. The topological polar surface area (TPSA) is 71.1 Å². The summed E-state index contributed by atoms with van der Waals surface area (Å²) in [6, 6.07) is 0. The van der Waals surface area contributed by atoms with E-state index in [1.165, 1.54) is 13.8 Å². The number of hydrogen-bond acceptors (Lipinski definition) is 6. The van der Waals surface area contributed by atoms with Crippen molar-refractivity contribution in [3.63, 3.8) is 0 Å². The van der Waals surface area contributed by atoms with Crippen LogP contribution in [0.4, 0.5) is 4.39 Å². The van der Waals surface area contributed by atoms with E-state index in [9.17, 15) is 14.0 Å². The van der Waals surface area contributed by atoms with E-state index in [2.05, 4.69) is 0 Å². The summed E-state index contributed by atoms with van der Waals surface area (Å²) < 4.78 is 33.5. The van der Waals surface area contributed by atoms with E-state index in [0.29, 0.717) is 0 Å². The molecule has 0 bridgehead atoms. The lowest BCUT2D eigenvalue weighted by atomic mass is 10.1. The summed E-state index contributed by atoms with van der Waals surface area (Å²) in [4.78, 5) is 21.8. The van der Waals surface area contributed by atoms with Crippen molar-refractivity contribution in [2.45, 2.75) is 44.6 Å². The van der Waals surface area contributed by atoms with E-state index in [0.717, 1.165) is 0 Å². The first-order valence-electron chi connectivity index (χ1n) is 5.24. The third kappa shape index (κ3) is 2.39. The van der Waals surface area contributed by atoms with Gasteiger partial charge in [0, 0.05) is 13.8 Å². The van der Waals surface area contributed by atoms with Gasteiger partial charge in [-0.1, -0.05) is 0 Å². The predicted molar refractivity (Wildman–Crippen MR) is 50.6 cm³/mol. The fourth-order valence-corrected chi connectivity index (χ4v) is 2.00. The highest BCUT2D eigenvalue weighted by Crippen LogP contribution is 2.35. The fraction of sp³-hybridized carbons (Fsp3) is 0.800. The summed E-state index contributed by atoms with van der Waals surface area (Å²) >= 11 is 0. The summed E-state index contributed by atoms with van der Waals surface area (Å²) in [5, 5.41) is 0. The highest BCUT2D eigenvalue weighted by atomic mass is 19.1. The Labute approximate surface area is 97.0 Å². The lowest BCUT2D eigenvalue weighted by molar-refractivity contribution is -0.200. The molecule has 2 fully saturated rings. The molecule has 17 heavy (non-hydrogen) atoms. The number of hydrogen-bond donors (Lipinski definition) is 0. The number of halogens is 1. The minimum Gasteiger partial charge on any atom is -0.453 e. The van der Waals surface area contributed by atoms with Gasteiger partial charge in [0.2, 0.25) is 6.29 Å². The third-order valence-corrected chi connectivity index (χ3v) is 2.60. The maximum Gasteiger partial charge on any atom is 0.305 e. The lowest BCUT2D eigenvalue weighted by Gasteiger charge is -2.20. The molecule has 6 nitrogen and oxygen atoms in total. The van der Waals surface area contributed by atoms with Crippen LogP contribution in [0.25, 0.3) is 0 Å². The SMILES string of the molecule is CC(=O)O[C@@H]1O[C@@H]2C(F)CO[C@@H]2[C@H]1OC(C)=O. The monoisotopic (exact) mass is 248 g/mol. The highest BCUT2D eigenvalue weighted by Gasteiger charge is 2.56. The summed E-state index contributed by atoms with van der Waals surface area (Å²) in [6.45, 7) is 2.29. The van der Waals surface area contributed by atoms with Crippen LogP contribution >= 0.6 is 0 Å². The van der Waals surface area contributed by atoms with E-state index in [4.69, 9.17) is 18.9 Å². The molecule has 0 amide bonds. The number of fused-ring (bicyclic) bond motifs is 1. The normalized spacial score (nSPS) is 39.8. The van der Waals surface area contributed by atoms with Crippen molar-refractivity contribution in [3.05, 3.63) is 0 Å². The maximum absolute atomic E-state index is 13.4. The van der Waals surface area contributed by atoms with Gasteiger partial charge in [0.15, 0.2) is 12.3 Å². The zero-order chi connectivity index (χ0) is 12.6. The molecule has 7 heteroatoms. The second-order valence-corrected chi connectivity index (χ2v) is 3.97. The van der Waals surface area contributed by atoms with Crippen molar-refractivity contribution >= 4 is 11.9 Å². The molecule has 2 aliphatic heterocycles. The Balaban J connectivity index is 2.10.